The van der Waals surface area contributed by atoms with Gasteiger partial charge in [0.2, 0.25) is 0 Å². The Hall–Kier alpha value is -1.09. The molecule has 1 aliphatic rings. The van der Waals surface area contributed by atoms with E-state index in [-0.39, 0.29) is 24.0 Å². The van der Waals surface area contributed by atoms with Gasteiger partial charge in [-0.05, 0) is 43.9 Å². The minimum atomic E-state index is 0. The minimum Gasteiger partial charge on any atom is -0.357 e. The van der Waals surface area contributed by atoms with Crippen molar-refractivity contribution in [2.75, 3.05) is 50.7 Å². The Morgan fingerprint density at radius 3 is 2.46 bits per heavy atom. The van der Waals surface area contributed by atoms with Crippen LogP contribution in [0.1, 0.15) is 46.1 Å². The number of aromatic nitrogens is 1. The van der Waals surface area contributed by atoms with Crippen molar-refractivity contribution in [2.24, 2.45) is 10.9 Å². The summed E-state index contributed by atoms with van der Waals surface area (Å²) < 4.78 is 0. The lowest BCUT2D eigenvalue weighted by Crippen LogP contribution is -2.46. The molecule has 1 aromatic rings. The van der Waals surface area contributed by atoms with Crippen molar-refractivity contribution < 1.29 is 0 Å². The third kappa shape index (κ3) is 8.94. The van der Waals surface area contributed by atoms with Gasteiger partial charge in [-0.15, -0.1) is 24.0 Å². The van der Waals surface area contributed by atoms with Crippen LogP contribution in [-0.2, 0) is 6.54 Å². The van der Waals surface area contributed by atoms with E-state index in [2.05, 4.69) is 65.2 Å². The molecule has 1 fully saturated rings. The van der Waals surface area contributed by atoms with Gasteiger partial charge in [0, 0.05) is 45.5 Å². The number of likely N-dealkylation sites (N-methyl/N-ethyl adjacent to an activating group) is 1. The predicted molar refractivity (Wildman–Crippen MR) is 131 cm³/mol. The Kier molecular flexibility index (Phi) is 12.5. The Labute approximate surface area is 188 Å². The van der Waals surface area contributed by atoms with Crippen molar-refractivity contribution in [3.8, 4) is 0 Å². The van der Waals surface area contributed by atoms with Crippen LogP contribution in [-0.4, -0.2) is 61.7 Å². The molecule has 2 rings (SSSR count). The van der Waals surface area contributed by atoms with Crippen LogP contribution in [0, 0.1) is 5.92 Å². The van der Waals surface area contributed by atoms with Gasteiger partial charge < -0.3 is 20.4 Å². The standard InChI is InChI=1S/C21H38N6.HI/c1-5-22-21(23-11-7-8-18(3)4)25-17-19-9-10-20(24-16-19)27-14-12-26(6-2)13-15-27;/h9-10,16,18H,5-8,11-15,17H2,1-4H3,(H2,22,23,25);1H. The second kappa shape index (κ2) is 14.0. The molecular weight excluding hydrogens is 463 g/mol. The maximum absolute atomic E-state index is 4.70. The maximum atomic E-state index is 4.70. The van der Waals surface area contributed by atoms with Crippen LogP contribution in [0.5, 0.6) is 0 Å². The monoisotopic (exact) mass is 502 g/mol. The van der Waals surface area contributed by atoms with Crippen molar-refractivity contribution in [2.45, 2.75) is 47.1 Å². The van der Waals surface area contributed by atoms with E-state index in [1.165, 1.54) is 12.8 Å². The summed E-state index contributed by atoms with van der Waals surface area (Å²) in [6, 6.07) is 4.29. The van der Waals surface area contributed by atoms with Crippen LogP contribution >= 0.6 is 24.0 Å². The summed E-state index contributed by atoms with van der Waals surface area (Å²) in [6.45, 7) is 16.8. The molecule has 0 aromatic carbocycles. The molecular formula is C21H39IN6. The highest BCUT2D eigenvalue weighted by molar-refractivity contribution is 14.0. The number of aliphatic imine (C=N–C) groups is 1. The first-order chi connectivity index (χ1) is 13.1. The lowest BCUT2D eigenvalue weighted by atomic mass is 10.1. The molecule has 2 heterocycles. The molecule has 160 valence electrons. The number of anilines is 1. The van der Waals surface area contributed by atoms with E-state index in [0.717, 1.165) is 69.1 Å². The zero-order chi connectivity index (χ0) is 19.5. The molecule has 0 atom stereocenters. The molecule has 0 amide bonds. The largest absolute Gasteiger partial charge is 0.357 e. The number of rotatable bonds is 9. The first kappa shape index (κ1) is 24.9. The summed E-state index contributed by atoms with van der Waals surface area (Å²) >= 11 is 0. The number of pyridine rings is 1. The molecule has 1 aromatic heterocycles. The van der Waals surface area contributed by atoms with Crippen LogP contribution < -0.4 is 15.5 Å². The minimum absolute atomic E-state index is 0. The molecule has 0 spiro atoms. The zero-order valence-electron chi connectivity index (χ0n) is 18.1. The van der Waals surface area contributed by atoms with Crippen LogP contribution in [0.3, 0.4) is 0 Å². The molecule has 2 N–H and O–H groups in total. The number of guanidine groups is 1. The van der Waals surface area contributed by atoms with Crippen LogP contribution in [0.25, 0.3) is 0 Å². The van der Waals surface area contributed by atoms with Gasteiger partial charge in [0.1, 0.15) is 5.82 Å². The summed E-state index contributed by atoms with van der Waals surface area (Å²) in [7, 11) is 0. The number of halogens is 1. The van der Waals surface area contributed by atoms with Crippen molar-refractivity contribution in [1.29, 1.82) is 0 Å². The van der Waals surface area contributed by atoms with Crippen molar-refractivity contribution in [1.82, 2.24) is 20.5 Å². The fourth-order valence-corrected chi connectivity index (χ4v) is 3.22. The summed E-state index contributed by atoms with van der Waals surface area (Å²) in [5.74, 6) is 2.72. The van der Waals surface area contributed by atoms with Gasteiger partial charge in [0.15, 0.2) is 5.96 Å². The Bertz CT molecular complexity index is 553. The van der Waals surface area contributed by atoms with E-state index in [0.29, 0.717) is 6.54 Å². The zero-order valence-corrected chi connectivity index (χ0v) is 20.4. The van der Waals surface area contributed by atoms with Crippen LogP contribution in [0.4, 0.5) is 5.82 Å². The molecule has 0 radical (unpaired) electrons. The maximum Gasteiger partial charge on any atom is 0.191 e. The Morgan fingerprint density at radius 2 is 1.89 bits per heavy atom. The third-order valence-electron chi connectivity index (χ3n) is 4.97. The first-order valence-electron chi connectivity index (χ1n) is 10.6. The molecule has 7 heteroatoms. The van der Waals surface area contributed by atoms with E-state index in [9.17, 15) is 0 Å². The van der Waals surface area contributed by atoms with Gasteiger partial charge in [0.05, 0.1) is 6.54 Å². The predicted octanol–water partition coefficient (Wildman–Crippen LogP) is 3.33. The van der Waals surface area contributed by atoms with Crippen molar-refractivity contribution in [3.05, 3.63) is 23.9 Å². The topological polar surface area (TPSA) is 55.8 Å². The average molecular weight is 502 g/mol. The number of nitrogens with one attached hydrogen (secondary N) is 2. The SMILES string of the molecule is CCNC(=NCc1ccc(N2CCN(CC)CC2)nc1)NCCCC(C)C.I. The number of hydrogen-bond donors (Lipinski definition) is 2. The lowest BCUT2D eigenvalue weighted by molar-refractivity contribution is 0.270. The van der Waals surface area contributed by atoms with Gasteiger partial charge in [0.25, 0.3) is 0 Å². The van der Waals surface area contributed by atoms with E-state index < -0.39 is 0 Å². The van der Waals surface area contributed by atoms with Crippen LogP contribution in [0.15, 0.2) is 23.3 Å². The summed E-state index contributed by atoms with van der Waals surface area (Å²) in [5, 5.41) is 6.74. The molecule has 0 unspecified atom stereocenters. The van der Waals surface area contributed by atoms with Crippen molar-refractivity contribution in [3.63, 3.8) is 0 Å². The van der Waals surface area contributed by atoms with E-state index in [1.807, 2.05) is 6.20 Å². The number of hydrogen-bond acceptors (Lipinski definition) is 4. The fraction of sp³-hybridized carbons (Fsp3) is 0.714. The second-order valence-corrected chi connectivity index (χ2v) is 7.60. The highest BCUT2D eigenvalue weighted by atomic mass is 127. The van der Waals surface area contributed by atoms with Gasteiger partial charge in [-0.25, -0.2) is 9.98 Å². The van der Waals surface area contributed by atoms with Gasteiger partial charge >= 0.3 is 0 Å². The highest BCUT2D eigenvalue weighted by Gasteiger charge is 2.16. The van der Waals surface area contributed by atoms with E-state index >= 15 is 0 Å². The molecule has 0 saturated carbocycles. The molecule has 1 aliphatic heterocycles. The van der Waals surface area contributed by atoms with Crippen LogP contribution in [0.2, 0.25) is 0 Å². The van der Waals surface area contributed by atoms with Gasteiger partial charge in [-0.3, -0.25) is 0 Å². The number of nitrogens with zero attached hydrogens (tertiary/aromatic N) is 4. The lowest BCUT2D eigenvalue weighted by Gasteiger charge is -2.34. The number of piperazine rings is 1. The first-order valence-corrected chi connectivity index (χ1v) is 10.6. The molecule has 1 saturated heterocycles. The summed E-state index contributed by atoms with van der Waals surface area (Å²) in [5.41, 5.74) is 1.14. The van der Waals surface area contributed by atoms with Crippen molar-refractivity contribution >= 4 is 35.8 Å². The van der Waals surface area contributed by atoms with E-state index in [4.69, 9.17) is 4.99 Å². The van der Waals surface area contributed by atoms with Gasteiger partial charge in [-0.1, -0.05) is 26.8 Å². The van der Waals surface area contributed by atoms with Gasteiger partial charge in [-0.2, -0.15) is 0 Å². The smallest absolute Gasteiger partial charge is 0.191 e. The summed E-state index contributed by atoms with van der Waals surface area (Å²) in [4.78, 5) is 14.2. The van der Waals surface area contributed by atoms with E-state index in [1.54, 1.807) is 0 Å². The second-order valence-electron chi connectivity index (χ2n) is 7.60. The normalized spacial score (nSPS) is 15.5. The molecule has 6 nitrogen and oxygen atoms in total. The average Bonchev–Trinajstić information content (AvgIpc) is 2.69. The Morgan fingerprint density at radius 1 is 1.14 bits per heavy atom. The molecule has 0 aliphatic carbocycles. The Balaban J connectivity index is 0.00000392. The fourth-order valence-electron chi connectivity index (χ4n) is 3.22. The highest BCUT2D eigenvalue weighted by Crippen LogP contribution is 2.14. The third-order valence-corrected chi connectivity index (χ3v) is 4.97. The quantitative estimate of drug-likeness (QED) is 0.235. The molecule has 28 heavy (non-hydrogen) atoms. The summed E-state index contributed by atoms with van der Waals surface area (Å²) in [6.07, 6.45) is 4.38. The molecule has 0 bridgehead atoms.